The molecule has 0 saturated heterocycles. The van der Waals surface area contributed by atoms with Crippen molar-refractivity contribution >= 4 is 17.2 Å². The maximum Gasteiger partial charge on any atom is 0.220 e. The topological polar surface area (TPSA) is 73.3 Å². The van der Waals surface area contributed by atoms with Gasteiger partial charge in [0, 0.05) is 29.8 Å². The summed E-state index contributed by atoms with van der Waals surface area (Å²) in [4.78, 5) is 20.8. The zero-order chi connectivity index (χ0) is 19.8. The van der Waals surface area contributed by atoms with E-state index in [1.54, 1.807) is 30.8 Å². The fourth-order valence-electron chi connectivity index (χ4n) is 2.69. The van der Waals surface area contributed by atoms with E-state index < -0.39 is 0 Å². The number of thiazole rings is 1. The Morgan fingerprint density at radius 3 is 2.89 bits per heavy atom. The monoisotopic (exact) mass is 397 g/mol. The molecule has 0 aliphatic heterocycles. The fraction of sp³-hybridized carbons (Fsp3) is 0.286. The number of amides is 1. The zero-order valence-corrected chi connectivity index (χ0v) is 16.8. The number of benzene rings is 1. The second kappa shape index (κ2) is 9.85. The van der Waals surface area contributed by atoms with Gasteiger partial charge in [-0.1, -0.05) is 6.07 Å². The van der Waals surface area contributed by atoms with Gasteiger partial charge >= 0.3 is 0 Å². The van der Waals surface area contributed by atoms with Crippen LogP contribution in [0.1, 0.15) is 24.6 Å². The van der Waals surface area contributed by atoms with E-state index in [2.05, 4.69) is 15.3 Å². The van der Waals surface area contributed by atoms with Gasteiger partial charge in [0.2, 0.25) is 5.91 Å². The largest absolute Gasteiger partial charge is 0.493 e. The van der Waals surface area contributed by atoms with Crippen LogP contribution in [0.15, 0.2) is 48.1 Å². The molecule has 0 fully saturated rings. The SMILES string of the molecule is CCOc1ccc(CCC(=O)NCc2csc(-c3cccnc3)n2)cc1OC. The average Bonchev–Trinajstić information content (AvgIpc) is 3.21. The quantitative estimate of drug-likeness (QED) is 0.593. The predicted octanol–water partition coefficient (Wildman–Crippen LogP) is 3.86. The van der Waals surface area contributed by atoms with Gasteiger partial charge in [-0.15, -0.1) is 11.3 Å². The molecule has 6 nitrogen and oxygen atoms in total. The highest BCUT2D eigenvalue weighted by Gasteiger charge is 2.09. The normalized spacial score (nSPS) is 10.5. The van der Waals surface area contributed by atoms with E-state index in [1.165, 1.54) is 0 Å². The molecule has 1 aromatic carbocycles. The highest BCUT2D eigenvalue weighted by atomic mass is 32.1. The lowest BCUT2D eigenvalue weighted by Crippen LogP contribution is -2.23. The first-order chi connectivity index (χ1) is 13.7. The third-order valence-electron chi connectivity index (χ3n) is 4.10. The molecule has 2 heterocycles. The minimum absolute atomic E-state index is 0.0104. The smallest absolute Gasteiger partial charge is 0.220 e. The number of pyridine rings is 1. The first-order valence-corrected chi connectivity index (χ1v) is 9.98. The van der Waals surface area contributed by atoms with Crippen LogP contribution < -0.4 is 14.8 Å². The molecule has 0 bridgehead atoms. The number of aromatic nitrogens is 2. The number of rotatable bonds is 9. The Hall–Kier alpha value is -2.93. The molecule has 0 saturated carbocycles. The molecule has 1 amide bonds. The molecule has 0 spiro atoms. The first-order valence-electron chi connectivity index (χ1n) is 9.10. The lowest BCUT2D eigenvalue weighted by molar-refractivity contribution is -0.121. The molecular formula is C21H23N3O3S. The van der Waals surface area contributed by atoms with Crippen molar-refractivity contribution in [1.29, 1.82) is 0 Å². The Morgan fingerprint density at radius 1 is 1.25 bits per heavy atom. The summed E-state index contributed by atoms with van der Waals surface area (Å²) >= 11 is 1.55. The standard InChI is InChI=1S/C21H23N3O3S/c1-3-27-18-8-6-15(11-19(18)26-2)7-9-20(25)23-13-17-14-28-21(24-17)16-5-4-10-22-12-16/h4-6,8,10-12,14H,3,7,9,13H2,1-2H3,(H,23,25). The second-order valence-electron chi connectivity index (χ2n) is 6.08. The van der Waals surface area contributed by atoms with E-state index in [0.29, 0.717) is 37.5 Å². The Balaban J connectivity index is 1.49. The van der Waals surface area contributed by atoms with E-state index in [9.17, 15) is 4.79 Å². The second-order valence-corrected chi connectivity index (χ2v) is 6.94. The number of hydrogen-bond donors (Lipinski definition) is 1. The molecule has 28 heavy (non-hydrogen) atoms. The molecule has 0 unspecified atom stereocenters. The van der Waals surface area contributed by atoms with E-state index in [4.69, 9.17) is 9.47 Å². The van der Waals surface area contributed by atoms with Crippen molar-refractivity contribution in [2.24, 2.45) is 0 Å². The Morgan fingerprint density at radius 2 is 2.14 bits per heavy atom. The highest BCUT2D eigenvalue weighted by Crippen LogP contribution is 2.28. The molecule has 1 N–H and O–H groups in total. The van der Waals surface area contributed by atoms with Crippen molar-refractivity contribution in [3.8, 4) is 22.1 Å². The Labute approximate surface area is 168 Å². The third kappa shape index (κ3) is 5.29. The van der Waals surface area contributed by atoms with Crippen LogP contribution in [0.2, 0.25) is 0 Å². The lowest BCUT2D eigenvalue weighted by atomic mass is 10.1. The molecule has 0 radical (unpaired) electrons. The zero-order valence-electron chi connectivity index (χ0n) is 16.0. The van der Waals surface area contributed by atoms with Crippen molar-refractivity contribution in [1.82, 2.24) is 15.3 Å². The first kappa shape index (κ1) is 19.8. The van der Waals surface area contributed by atoms with Crippen LogP contribution in [0.3, 0.4) is 0 Å². The van der Waals surface area contributed by atoms with E-state index >= 15 is 0 Å². The summed E-state index contributed by atoms with van der Waals surface area (Å²) < 4.78 is 10.9. The summed E-state index contributed by atoms with van der Waals surface area (Å²) in [5.74, 6) is 1.39. The summed E-state index contributed by atoms with van der Waals surface area (Å²) in [6.07, 6.45) is 4.55. The van der Waals surface area contributed by atoms with Crippen molar-refractivity contribution in [3.63, 3.8) is 0 Å². The number of carbonyl (C=O) groups is 1. The van der Waals surface area contributed by atoms with E-state index in [0.717, 1.165) is 21.8 Å². The van der Waals surface area contributed by atoms with Gasteiger partial charge in [-0.25, -0.2) is 4.98 Å². The van der Waals surface area contributed by atoms with Gasteiger partial charge in [-0.2, -0.15) is 0 Å². The van der Waals surface area contributed by atoms with Crippen LogP contribution in [0.25, 0.3) is 10.6 Å². The Kier molecular flexibility index (Phi) is 6.97. The molecule has 3 rings (SSSR count). The summed E-state index contributed by atoms with van der Waals surface area (Å²) in [6, 6.07) is 9.61. The minimum Gasteiger partial charge on any atom is -0.493 e. The van der Waals surface area contributed by atoms with Crippen LogP contribution in [-0.2, 0) is 17.8 Å². The van der Waals surface area contributed by atoms with Gasteiger partial charge in [-0.05, 0) is 43.2 Å². The maximum atomic E-state index is 12.2. The van der Waals surface area contributed by atoms with Crippen molar-refractivity contribution in [3.05, 3.63) is 59.4 Å². The van der Waals surface area contributed by atoms with Crippen LogP contribution in [0, 0.1) is 0 Å². The van der Waals surface area contributed by atoms with Crippen molar-refractivity contribution in [2.45, 2.75) is 26.3 Å². The van der Waals surface area contributed by atoms with Crippen LogP contribution in [-0.4, -0.2) is 29.6 Å². The van der Waals surface area contributed by atoms with Gasteiger partial charge < -0.3 is 14.8 Å². The molecule has 146 valence electrons. The number of aryl methyl sites for hydroxylation is 1. The van der Waals surface area contributed by atoms with Gasteiger partial charge in [0.1, 0.15) is 5.01 Å². The van der Waals surface area contributed by atoms with Crippen LogP contribution in [0.4, 0.5) is 0 Å². The van der Waals surface area contributed by atoms with E-state index in [-0.39, 0.29) is 5.91 Å². The summed E-state index contributed by atoms with van der Waals surface area (Å²) in [5.41, 5.74) is 2.86. The summed E-state index contributed by atoms with van der Waals surface area (Å²) in [6.45, 7) is 2.93. The summed E-state index contributed by atoms with van der Waals surface area (Å²) in [5, 5.41) is 5.79. The number of carbonyl (C=O) groups excluding carboxylic acids is 1. The number of methoxy groups -OCH3 is 1. The highest BCUT2D eigenvalue weighted by molar-refractivity contribution is 7.13. The number of nitrogens with zero attached hydrogens (tertiary/aromatic N) is 2. The third-order valence-corrected chi connectivity index (χ3v) is 5.04. The Bertz CT molecular complexity index is 912. The molecule has 2 aromatic heterocycles. The lowest BCUT2D eigenvalue weighted by Gasteiger charge is -2.11. The summed E-state index contributed by atoms with van der Waals surface area (Å²) in [7, 11) is 1.61. The maximum absolute atomic E-state index is 12.2. The molecule has 3 aromatic rings. The van der Waals surface area contributed by atoms with Crippen LogP contribution >= 0.6 is 11.3 Å². The van der Waals surface area contributed by atoms with Gasteiger partial charge in [-0.3, -0.25) is 9.78 Å². The van der Waals surface area contributed by atoms with Gasteiger partial charge in [0.25, 0.3) is 0 Å². The molecule has 0 aliphatic carbocycles. The van der Waals surface area contributed by atoms with Gasteiger partial charge in [0.15, 0.2) is 11.5 Å². The van der Waals surface area contributed by atoms with Crippen molar-refractivity contribution in [2.75, 3.05) is 13.7 Å². The molecule has 7 heteroatoms. The fourth-order valence-corrected chi connectivity index (χ4v) is 3.50. The molecule has 0 aliphatic rings. The predicted molar refractivity (Wildman–Crippen MR) is 110 cm³/mol. The van der Waals surface area contributed by atoms with Crippen molar-refractivity contribution < 1.29 is 14.3 Å². The van der Waals surface area contributed by atoms with Crippen LogP contribution in [0.5, 0.6) is 11.5 Å². The molecule has 0 atom stereocenters. The molecular weight excluding hydrogens is 374 g/mol. The van der Waals surface area contributed by atoms with E-state index in [1.807, 2.05) is 42.6 Å². The number of ether oxygens (including phenoxy) is 2. The van der Waals surface area contributed by atoms with Gasteiger partial charge in [0.05, 0.1) is 26.0 Å². The number of hydrogen-bond acceptors (Lipinski definition) is 6. The number of nitrogens with one attached hydrogen (secondary N) is 1. The average molecular weight is 398 g/mol. The minimum atomic E-state index is -0.0104.